The molecule has 2 aromatic carbocycles. The van der Waals surface area contributed by atoms with Gasteiger partial charge in [-0.15, -0.1) is 0 Å². The highest BCUT2D eigenvalue weighted by Crippen LogP contribution is 2.39. The van der Waals surface area contributed by atoms with Crippen LogP contribution in [0.4, 0.5) is 0 Å². The molecule has 0 spiro atoms. The normalized spacial score (nSPS) is 32.5. The standard InChI is InChI=1S/C28H31IO15/c1-9-20(32)23(35)25(37)27(41-9)40-8-17-21(33)24(36)26(38)28(44-17)43-16-7-15-18(22(34)19(16)29)12(31)6-14(42-15)10-3-4-13(39-2)11(30)5-10/h3-7,9,17,20-21,23-28,30,32-38H,8H2,1-2H3/t9-,17+,20-,21+,23+,24-,25+,26+,27+,28?/m0/s1. The summed E-state index contributed by atoms with van der Waals surface area (Å²) >= 11 is 1.71. The van der Waals surface area contributed by atoms with E-state index < -0.39 is 79.2 Å². The minimum atomic E-state index is -1.79. The third kappa shape index (κ3) is 6.06. The lowest BCUT2D eigenvalue weighted by atomic mass is 9.98. The predicted molar refractivity (Wildman–Crippen MR) is 156 cm³/mol. The van der Waals surface area contributed by atoms with Gasteiger partial charge in [0.15, 0.2) is 23.2 Å². The van der Waals surface area contributed by atoms with Crippen LogP contribution in [0.2, 0.25) is 0 Å². The Labute approximate surface area is 262 Å². The number of phenols is 2. The maximum Gasteiger partial charge on any atom is 0.229 e. The molecule has 10 atom stereocenters. The third-order valence-electron chi connectivity index (χ3n) is 7.51. The quantitative estimate of drug-likeness (QED) is 0.143. The second-order valence-corrected chi connectivity index (χ2v) is 11.5. The molecule has 5 rings (SSSR count). The zero-order chi connectivity index (χ0) is 32.0. The second kappa shape index (κ2) is 12.9. The maximum absolute atomic E-state index is 13.0. The molecule has 15 nitrogen and oxygen atoms in total. The zero-order valence-electron chi connectivity index (χ0n) is 23.2. The number of aromatic hydroxyl groups is 2. The van der Waals surface area contributed by atoms with E-state index in [9.17, 15) is 45.6 Å². The highest BCUT2D eigenvalue weighted by molar-refractivity contribution is 14.1. The zero-order valence-corrected chi connectivity index (χ0v) is 25.3. The van der Waals surface area contributed by atoms with Crippen molar-refractivity contribution in [2.24, 2.45) is 0 Å². The molecule has 3 heterocycles. The lowest BCUT2D eigenvalue weighted by molar-refractivity contribution is -0.318. The summed E-state index contributed by atoms with van der Waals surface area (Å²) in [6, 6.07) is 6.77. The fourth-order valence-corrected chi connectivity index (χ4v) is 5.50. The van der Waals surface area contributed by atoms with Gasteiger partial charge in [0.25, 0.3) is 0 Å². The van der Waals surface area contributed by atoms with Crippen molar-refractivity contribution in [1.82, 2.24) is 0 Å². The van der Waals surface area contributed by atoms with E-state index in [0.717, 1.165) is 6.07 Å². The summed E-state index contributed by atoms with van der Waals surface area (Å²) in [5.74, 6) is -0.540. The highest BCUT2D eigenvalue weighted by atomic mass is 127. The van der Waals surface area contributed by atoms with Crippen LogP contribution in [-0.2, 0) is 14.2 Å². The van der Waals surface area contributed by atoms with E-state index in [0.29, 0.717) is 5.56 Å². The van der Waals surface area contributed by atoms with Crippen LogP contribution in [0.1, 0.15) is 6.92 Å². The van der Waals surface area contributed by atoms with Crippen molar-refractivity contribution in [3.63, 3.8) is 0 Å². The Balaban J connectivity index is 1.40. The number of ether oxygens (including phenoxy) is 5. The largest absolute Gasteiger partial charge is 0.506 e. The van der Waals surface area contributed by atoms with E-state index in [-0.39, 0.29) is 37.5 Å². The Bertz CT molecular complexity index is 1560. The number of fused-ring (bicyclic) bond motifs is 1. The van der Waals surface area contributed by atoms with E-state index in [4.69, 9.17) is 28.1 Å². The van der Waals surface area contributed by atoms with E-state index in [2.05, 4.69) is 0 Å². The van der Waals surface area contributed by atoms with E-state index in [1.807, 2.05) is 0 Å². The molecule has 1 aromatic heterocycles. The smallest absolute Gasteiger partial charge is 0.229 e. The second-order valence-electron chi connectivity index (χ2n) is 10.4. The predicted octanol–water partition coefficient (Wildman–Crippen LogP) is -0.485. The first kappa shape index (κ1) is 32.6. The van der Waals surface area contributed by atoms with Crippen molar-refractivity contribution >= 4 is 33.6 Å². The van der Waals surface area contributed by atoms with Gasteiger partial charge in [-0.05, 0) is 47.7 Å². The molecule has 44 heavy (non-hydrogen) atoms. The molecule has 16 heteroatoms. The molecule has 1 unspecified atom stereocenters. The topological polar surface area (TPSA) is 238 Å². The molecule has 8 N–H and O–H groups in total. The average molecular weight is 734 g/mol. The third-order valence-corrected chi connectivity index (χ3v) is 8.55. The Hall–Kier alpha value is -2.78. The number of methoxy groups -OCH3 is 1. The van der Waals surface area contributed by atoms with Crippen molar-refractivity contribution in [2.75, 3.05) is 13.7 Å². The number of aliphatic hydroxyl groups is 6. The maximum atomic E-state index is 13.0. The Morgan fingerprint density at radius 1 is 0.841 bits per heavy atom. The Morgan fingerprint density at radius 3 is 2.20 bits per heavy atom. The minimum absolute atomic E-state index is 0.0433. The van der Waals surface area contributed by atoms with Gasteiger partial charge < -0.3 is 69.0 Å². The van der Waals surface area contributed by atoms with Crippen molar-refractivity contribution in [3.8, 4) is 34.3 Å². The number of phenolic OH excluding ortho intramolecular Hbond substituents is 2. The van der Waals surface area contributed by atoms with Gasteiger partial charge in [-0.1, -0.05) is 0 Å². The van der Waals surface area contributed by atoms with Crippen molar-refractivity contribution < 1.29 is 69.0 Å². The van der Waals surface area contributed by atoms with E-state index in [1.165, 1.54) is 32.2 Å². The molecule has 3 aromatic rings. The van der Waals surface area contributed by atoms with Gasteiger partial charge in [0.2, 0.25) is 6.29 Å². The van der Waals surface area contributed by atoms with Gasteiger partial charge in [0, 0.05) is 17.7 Å². The van der Waals surface area contributed by atoms with Crippen LogP contribution in [0.25, 0.3) is 22.3 Å². The first-order valence-electron chi connectivity index (χ1n) is 13.4. The lowest BCUT2D eigenvalue weighted by Gasteiger charge is -2.42. The van der Waals surface area contributed by atoms with E-state index in [1.54, 1.807) is 28.7 Å². The number of hydrogen-bond donors (Lipinski definition) is 8. The van der Waals surface area contributed by atoms with Crippen LogP contribution >= 0.6 is 22.6 Å². The summed E-state index contributed by atoms with van der Waals surface area (Å²) in [5.41, 5.74) is -0.376. The summed E-state index contributed by atoms with van der Waals surface area (Å²) < 4.78 is 33.3. The minimum Gasteiger partial charge on any atom is -0.506 e. The number of benzene rings is 2. The van der Waals surface area contributed by atoms with Crippen LogP contribution < -0.4 is 14.9 Å². The van der Waals surface area contributed by atoms with Crippen molar-refractivity contribution in [3.05, 3.63) is 44.1 Å². The van der Waals surface area contributed by atoms with Crippen molar-refractivity contribution in [1.29, 1.82) is 0 Å². The van der Waals surface area contributed by atoms with Gasteiger partial charge in [0.05, 0.1) is 23.4 Å². The van der Waals surface area contributed by atoms with Gasteiger partial charge in [-0.3, -0.25) is 4.79 Å². The summed E-state index contributed by atoms with van der Waals surface area (Å²) in [7, 11) is 1.38. The number of aliphatic hydroxyl groups excluding tert-OH is 6. The Morgan fingerprint density at radius 2 is 1.52 bits per heavy atom. The van der Waals surface area contributed by atoms with Gasteiger partial charge in [0.1, 0.15) is 71.0 Å². The first-order chi connectivity index (χ1) is 20.8. The van der Waals surface area contributed by atoms with Gasteiger partial charge in [-0.2, -0.15) is 0 Å². The van der Waals surface area contributed by atoms with Crippen LogP contribution in [0, 0.1) is 3.57 Å². The molecule has 0 amide bonds. The Kier molecular flexibility index (Phi) is 9.57. The molecule has 2 aliphatic rings. The molecule has 240 valence electrons. The van der Waals surface area contributed by atoms with Crippen molar-refractivity contribution in [2.45, 2.75) is 68.3 Å². The summed E-state index contributed by atoms with van der Waals surface area (Å²) in [6.07, 6.45) is -15.1. The first-order valence-corrected chi connectivity index (χ1v) is 14.4. The molecule has 2 aliphatic heterocycles. The number of halogens is 1. The SMILES string of the molecule is COc1ccc(-c2cc(=O)c3c(O)c(I)c(OC4O[C@H](CO[C@@H]5O[C@@H](C)[C@H](O)[C@@H](O)[C@H]5O)[C@@H](O)[C@H](O)[C@H]4O)cc3o2)cc1O. The molecular formula is C28H31IO15. The number of rotatable bonds is 7. The van der Waals surface area contributed by atoms with Crippen LogP contribution in [0.3, 0.4) is 0 Å². The van der Waals surface area contributed by atoms with Gasteiger partial charge >= 0.3 is 0 Å². The molecule has 0 aliphatic carbocycles. The summed E-state index contributed by atoms with van der Waals surface area (Å²) in [5, 5.41) is 82.6. The molecule has 0 radical (unpaired) electrons. The van der Waals surface area contributed by atoms with Crippen LogP contribution in [-0.4, -0.2) is 116 Å². The molecule has 2 fully saturated rings. The van der Waals surface area contributed by atoms with Crippen LogP contribution in [0.15, 0.2) is 39.5 Å². The average Bonchev–Trinajstić information content (AvgIpc) is 3.00. The molecular weight excluding hydrogens is 703 g/mol. The molecule has 0 saturated carbocycles. The summed E-state index contributed by atoms with van der Waals surface area (Å²) in [6.45, 7) is 0.952. The monoisotopic (exact) mass is 734 g/mol. The fraction of sp³-hybridized carbons (Fsp3) is 0.464. The number of hydrogen-bond acceptors (Lipinski definition) is 15. The van der Waals surface area contributed by atoms with Gasteiger partial charge in [-0.25, -0.2) is 0 Å². The molecule has 0 bridgehead atoms. The lowest BCUT2D eigenvalue weighted by Crippen LogP contribution is -2.61. The molecule has 2 saturated heterocycles. The summed E-state index contributed by atoms with van der Waals surface area (Å²) in [4.78, 5) is 13.0. The fourth-order valence-electron chi connectivity index (χ4n) is 4.94. The highest BCUT2D eigenvalue weighted by Gasteiger charge is 2.47. The van der Waals surface area contributed by atoms with E-state index >= 15 is 0 Å². The van der Waals surface area contributed by atoms with Crippen LogP contribution in [0.5, 0.6) is 23.0 Å².